The molecule has 2 nitrogen and oxygen atoms in total. The molecule has 0 rings (SSSR count). The molecule has 0 aliphatic heterocycles. The van der Waals surface area contributed by atoms with E-state index < -0.39 is 0 Å². The van der Waals surface area contributed by atoms with Gasteiger partial charge in [0.1, 0.15) is 0 Å². The Kier molecular flexibility index (Phi) is 2350. The van der Waals surface area contributed by atoms with Crippen LogP contribution in [0.3, 0.4) is 0 Å². The summed E-state index contributed by atoms with van der Waals surface area (Å²) in [5.41, 5.74) is 4.50. The monoisotopic (exact) mass is 362 g/mol. The van der Waals surface area contributed by atoms with Crippen LogP contribution in [0.1, 0.15) is 0 Å². The zero-order valence-corrected chi connectivity index (χ0v) is 10.7. The minimum absolute atomic E-state index is 0. The van der Waals surface area contributed by atoms with Gasteiger partial charge in [-0.05, 0) is 0 Å². The average Bonchev–Trinajstić information content (AvgIpc) is 1.00. The molecular weight excluding hydrogens is 364 g/mol. The molecule has 0 atom stereocenters. The third-order valence-corrected chi connectivity index (χ3v) is 0. The van der Waals surface area contributed by atoms with E-state index in [-0.39, 0.29) is 98.9 Å². The molecule has 0 aliphatic rings. The maximum absolute atomic E-state index is 7.50. The van der Waals surface area contributed by atoms with E-state index in [9.17, 15) is 0 Å². The van der Waals surface area contributed by atoms with Crippen molar-refractivity contribution in [1.82, 2.24) is 0 Å². The molecule has 0 aromatic rings. The van der Waals surface area contributed by atoms with Gasteiger partial charge in [0, 0.05) is 24.4 Å². The van der Waals surface area contributed by atoms with Crippen molar-refractivity contribution in [1.29, 1.82) is 5.59 Å². The summed E-state index contributed by atoms with van der Waals surface area (Å²) in [5.74, 6) is 0. The molecule has 0 bridgehead atoms. The van der Waals surface area contributed by atoms with Crippen molar-refractivity contribution in [3.63, 3.8) is 0 Å². The van der Waals surface area contributed by atoms with Gasteiger partial charge in [-0.1, -0.05) is 5.59 Å². The van der Waals surface area contributed by atoms with E-state index in [0.717, 1.165) is 0 Å². The summed E-state index contributed by atoms with van der Waals surface area (Å²) >= 11 is 0. The summed E-state index contributed by atoms with van der Waals surface area (Å²) in [5, 5.41) is 0. The van der Waals surface area contributed by atoms with Crippen LogP contribution in [0.4, 0.5) is 0 Å². The fourth-order valence-corrected chi connectivity index (χ4v) is 0. The molecule has 0 heterocycles. The summed E-state index contributed by atoms with van der Waals surface area (Å²) in [7, 11) is 0. The van der Waals surface area contributed by atoms with E-state index in [4.69, 9.17) is 4.91 Å². The van der Waals surface area contributed by atoms with Gasteiger partial charge in [-0.2, -0.15) is 4.91 Å². The van der Waals surface area contributed by atoms with Crippen molar-refractivity contribution >= 4 is 24.4 Å². The van der Waals surface area contributed by atoms with E-state index in [1.807, 2.05) is 0 Å². The summed E-state index contributed by atoms with van der Waals surface area (Å²) in [6.07, 6.45) is 0. The van der Waals surface area contributed by atoms with Crippen LogP contribution in [0, 0.1) is 10.5 Å². The van der Waals surface area contributed by atoms with Crippen molar-refractivity contribution in [3.8, 4) is 0 Å². The summed E-state index contributed by atoms with van der Waals surface area (Å²) in [6.45, 7) is 0. The molecule has 0 unspecified atom stereocenters. The second kappa shape index (κ2) is 183. The molecule has 1 N–H and O–H groups in total. The molecule has 0 saturated carbocycles. The molecule has 0 spiro atoms. The Morgan fingerprint density at radius 2 is 0.556 bits per heavy atom. The number of halogens is 6. The Hall–Kier alpha value is 2.16. The predicted octanol–water partition coefficient (Wildman–Crippen LogP) is -18.0. The molecule has 9 heavy (non-hydrogen) atoms. The number of nitrogens with one attached hydrogen (secondary N) is 1. The van der Waals surface area contributed by atoms with E-state index in [1.54, 1.807) is 0 Å². The number of rotatable bonds is 0. The number of nitroso groups, excluding NO2 is 1. The smallest absolute Gasteiger partial charge is 0 e. The fourth-order valence-electron chi connectivity index (χ4n) is 0. The minimum Gasteiger partial charge on any atom is -1.00 e. The van der Waals surface area contributed by atoms with Gasteiger partial charge in [0.2, 0.25) is 0 Å². The maximum Gasteiger partial charge on any atom is 0 e. The van der Waals surface area contributed by atoms with Gasteiger partial charge in [0.05, 0.1) is 0 Å². The van der Waals surface area contributed by atoms with E-state index in [1.165, 1.54) is 0 Å². The first-order valence-corrected chi connectivity index (χ1v) is 0.204. The normalized spacial score (nSPS) is 0.444. The molecule has 65 valence electrons. The van der Waals surface area contributed by atoms with Crippen LogP contribution in [-0.4, -0.2) is 24.4 Å². The van der Waals surface area contributed by atoms with Crippen LogP contribution < -0.4 is 74.4 Å². The first-order valence-electron chi connectivity index (χ1n) is 0.204. The Morgan fingerprint density at radius 3 is 0.556 bits per heavy atom. The molecular formula is HCl6NOSb-6. The van der Waals surface area contributed by atoms with E-state index >= 15 is 0 Å². The molecule has 0 saturated heterocycles. The second-order valence-electron chi connectivity index (χ2n) is 0. The molecule has 3 radical (unpaired) electrons. The zero-order valence-electron chi connectivity index (χ0n) is 3.62. The van der Waals surface area contributed by atoms with Gasteiger partial charge < -0.3 is 74.4 Å². The van der Waals surface area contributed by atoms with Crippen LogP contribution in [-0.2, 0) is 0 Å². The van der Waals surface area contributed by atoms with Gasteiger partial charge in [0.25, 0.3) is 0 Å². The van der Waals surface area contributed by atoms with Gasteiger partial charge in [0.15, 0.2) is 0 Å². The summed E-state index contributed by atoms with van der Waals surface area (Å²) in [4.78, 5) is 7.50. The predicted molar refractivity (Wildman–Crippen MR) is 11.8 cm³/mol. The van der Waals surface area contributed by atoms with Crippen molar-refractivity contribution in [3.05, 3.63) is 4.91 Å². The van der Waals surface area contributed by atoms with Crippen LogP contribution in [0.2, 0.25) is 0 Å². The quantitative estimate of drug-likeness (QED) is 0.336. The van der Waals surface area contributed by atoms with Gasteiger partial charge >= 0.3 is 0 Å². The Bertz CT molecular complexity index is 13.0. The zero-order chi connectivity index (χ0) is 2.00. The topological polar surface area (TPSA) is 40.9 Å². The summed E-state index contributed by atoms with van der Waals surface area (Å²) < 4.78 is 0. The largest absolute Gasteiger partial charge is 1.00 e. The molecule has 0 aromatic heterocycles. The third-order valence-electron chi connectivity index (χ3n) is 0. The molecule has 0 fully saturated rings. The average molecular weight is 365 g/mol. The van der Waals surface area contributed by atoms with Crippen LogP contribution in [0.5, 0.6) is 0 Å². The molecule has 0 amide bonds. The van der Waals surface area contributed by atoms with Crippen LogP contribution in [0.25, 0.3) is 0 Å². The van der Waals surface area contributed by atoms with Crippen molar-refractivity contribution in [2.75, 3.05) is 0 Å². The van der Waals surface area contributed by atoms with Crippen LogP contribution in [0.15, 0.2) is 0 Å². The van der Waals surface area contributed by atoms with Gasteiger partial charge in [-0.15, -0.1) is 0 Å². The third kappa shape index (κ3) is 145. The SMILES string of the molecule is N=O.[Cl-].[Cl-].[Cl-].[Cl-].[Cl-].[Cl-].[Sb]. The number of hydrogen-bond donors (Lipinski definition) is 1. The standard InChI is InChI=1S/6ClH.HNO.Sb/c;;;;;;1-2;/h6*1H;1H;/p-6. The van der Waals surface area contributed by atoms with Crippen molar-refractivity contribution < 1.29 is 74.4 Å². The maximum atomic E-state index is 7.50. The van der Waals surface area contributed by atoms with Gasteiger partial charge in [-0.25, -0.2) is 0 Å². The molecule has 9 heteroatoms. The Balaban J connectivity index is -0.000000000238. The Morgan fingerprint density at radius 1 is 0.556 bits per heavy atom. The first-order chi connectivity index (χ1) is 1.00. The minimum atomic E-state index is 0. The van der Waals surface area contributed by atoms with Gasteiger partial charge in [-0.3, -0.25) is 0 Å². The second-order valence-corrected chi connectivity index (χ2v) is 0. The fraction of sp³-hybridized carbons (Fsp3) is 0. The Labute approximate surface area is 108 Å². The van der Waals surface area contributed by atoms with E-state index in [2.05, 4.69) is 5.59 Å². The molecule has 0 aromatic carbocycles. The first kappa shape index (κ1) is 115. The van der Waals surface area contributed by atoms with Crippen LogP contribution >= 0.6 is 0 Å². The number of hydrogen-bond acceptors (Lipinski definition) is 2. The van der Waals surface area contributed by atoms with Crippen molar-refractivity contribution in [2.45, 2.75) is 0 Å². The van der Waals surface area contributed by atoms with E-state index in [0.29, 0.717) is 0 Å². The molecule has 0 aliphatic carbocycles. The summed E-state index contributed by atoms with van der Waals surface area (Å²) in [6, 6.07) is 0. The van der Waals surface area contributed by atoms with Crippen molar-refractivity contribution in [2.24, 2.45) is 0 Å².